The lowest BCUT2D eigenvalue weighted by molar-refractivity contribution is -0.120. The molecule has 3 heterocycles. The van der Waals surface area contributed by atoms with E-state index in [1.54, 1.807) is 0 Å². The summed E-state index contributed by atoms with van der Waals surface area (Å²) in [7, 11) is -3.01. The normalized spacial score (nSPS) is 26.6. The van der Waals surface area contributed by atoms with Crippen LogP contribution in [0.25, 0.3) is 11.1 Å². The first kappa shape index (κ1) is 22.1. The predicted octanol–water partition coefficient (Wildman–Crippen LogP) is 4.31. The van der Waals surface area contributed by atoms with Gasteiger partial charge in [-0.1, -0.05) is 0 Å². The first-order valence-corrected chi connectivity index (χ1v) is 14.6. The monoisotopic (exact) mass is 483 g/mol. The molecule has 4 aliphatic rings. The Morgan fingerprint density at radius 3 is 2.62 bits per heavy atom. The zero-order valence-corrected chi connectivity index (χ0v) is 20.6. The number of hydrogen-bond donors (Lipinski definition) is 0. The molecule has 6 rings (SSSR count). The van der Waals surface area contributed by atoms with Crippen molar-refractivity contribution in [1.82, 2.24) is 9.78 Å². The van der Waals surface area contributed by atoms with Crippen LogP contribution in [0.1, 0.15) is 69.9 Å². The van der Waals surface area contributed by atoms with Crippen LogP contribution < -0.4 is 9.64 Å². The Morgan fingerprint density at radius 1 is 1.09 bits per heavy atom. The van der Waals surface area contributed by atoms with Crippen LogP contribution in [0.15, 0.2) is 24.5 Å². The fourth-order valence-corrected chi connectivity index (χ4v) is 7.25. The van der Waals surface area contributed by atoms with Crippen molar-refractivity contribution in [3.8, 4) is 16.9 Å². The molecule has 2 aliphatic heterocycles. The molecule has 1 amide bonds. The molecule has 0 bridgehead atoms. The number of benzene rings is 1. The van der Waals surface area contributed by atoms with E-state index in [1.807, 2.05) is 22.0 Å². The van der Waals surface area contributed by atoms with Crippen molar-refractivity contribution in [2.45, 2.75) is 82.9 Å². The maximum Gasteiger partial charge on any atom is 0.230 e. The van der Waals surface area contributed by atoms with E-state index >= 15 is 0 Å². The highest BCUT2D eigenvalue weighted by Gasteiger charge is 2.39. The molecule has 2 aliphatic carbocycles. The van der Waals surface area contributed by atoms with E-state index in [-0.39, 0.29) is 41.5 Å². The number of anilines is 1. The molecule has 0 radical (unpaired) electrons. The van der Waals surface area contributed by atoms with Crippen molar-refractivity contribution >= 4 is 21.4 Å². The molecule has 0 spiro atoms. The first-order valence-electron chi connectivity index (χ1n) is 12.8. The second-order valence-electron chi connectivity index (χ2n) is 10.6. The minimum absolute atomic E-state index is 0.117. The van der Waals surface area contributed by atoms with Crippen LogP contribution in [0.5, 0.6) is 5.75 Å². The van der Waals surface area contributed by atoms with Crippen molar-refractivity contribution in [2.24, 2.45) is 5.92 Å². The van der Waals surface area contributed by atoms with Gasteiger partial charge in [-0.15, -0.1) is 0 Å². The van der Waals surface area contributed by atoms with Crippen LogP contribution in [0.4, 0.5) is 5.69 Å². The van der Waals surface area contributed by atoms with Gasteiger partial charge in [0.15, 0.2) is 9.84 Å². The number of carbonyl (C=O) groups excluding carboxylic acids is 1. The summed E-state index contributed by atoms with van der Waals surface area (Å²) in [6, 6.07) is 4.22. The Hall–Kier alpha value is -2.35. The molecule has 182 valence electrons. The Bertz CT molecular complexity index is 1210. The number of nitrogens with zero attached hydrogens (tertiary/aromatic N) is 3. The molecule has 2 aromatic rings. The van der Waals surface area contributed by atoms with Gasteiger partial charge in [0.05, 0.1) is 35.5 Å². The number of amides is 1. The van der Waals surface area contributed by atoms with Crippen molar-refractivity contribution < 1.29 is 17.9 Å². The van der Waals surface area contributed by atoms with E-state index in [0.717, 1.165) is 73.1 Å². The van der Waals surface area contributed by atoms with Crippen LogP contribution in [-0.2, 0) is 21.1 Å². The lowest BCUT2D eigenvalue weighted by atomic mass is 9.91. The number of aromatic nitrogens is 2. The molecular weight excluding hydrogens is 450 g/mol. The molecule has 1 aromatic heterocycles. The van der Waals surface area contributed by atoms with Gasteiger partial charge in [-0.25, -0.2) is 8.42 Å². The fraction of sp³-hybridized carbons (Fsp3) is 0.615. The molecule has 3 fully saturated rings. The van der Waals surface area contributed by atoms with Crippen LogP contribution in [0.3, 0.4) is 0 Å². The van der Waals surface area contributed by atoms with Gasteiger partial charge in [0.2, 0.25) is 5.91 Å². The van der Waals surface area contributed by atoms with Crippen LogP contribution in [-0.4, -0.2) is 47.8 Å². The highest BCUT2D eigenvalue weighted by atomic mass is 32.2. The number of fused-ring (bicyclic) bond motifs is 1. The number of ether oxygens (including phenoxy) is 1. The van der Waals surface area contributed by atoms with Crippen LogP contribution >= 0.6 is 0 Å². The molecule has 8 heteroatoms. The van der Waals surface area contributed by atoms with E-state index in [0.29, 0.717) is 6.42 Å². The predicted molar refractivity (Wildman–Crippen MR) is 131 cm³/mol. The highest BCUT2D eigenvalue weighted by Crippen LogP contribution is 2.46. The summed E-state index contributed by atoms with van der Waals surface area (Å²) in [6.07, 6.45) is 12.6. The molecule has 34 heavy (non-hydrogen) atoms. The standard InChI is InChI=1S/C26H33N3O4S/c1-17-7-10-23-24(29(17)26(30)18-8-9-18)12-11-22(25(23)33-21-5-2-6-21)19-14-27-28(15-19)20-4-3-13-34(31,32)16-20/h11-12,14-15,17-18,20-21H,2-10,13,16H2,1H3/t17-,20?/m0/s1. The van der Waals surface area contributed by atoms with Gasteiger partial charge >= 0.3 is 0 Å². The summed E-state index contributed by atoms with van der Waals surface area (Å²) in [5, 5.41) is 4.57. The van der Waals surface area contributed by atoms with Crippen molar-refractivity contribution in [2.75, 3.05) is 16.4 Å². The quantitative estimate of drug-likeness (QED) is 0.633. The van der Waals surface area contributed by atoms with Crippen LogP contribution in [0, 0.1) is 5.92 Å². The van der Waals surface area contributed by atoms with Crippen molar-refractivity contribution in [3.05, 3.63) is 30.1 Å². The fourth-order valence-electron chi connectivity index (χ4n) is 5.57. The zero-order chi connectivity index (χ0) is 23.4. The number of carbonyl (C=O) groups is 1. The summed E-state index contributed by atoms with van der Waals surface area (Å²) < 4.78 is 32.7. The number of sulfone groups is 1. The lowest BCUT2D eigenvalue weighted by Crippen LogP contribution is -2.43. The van der Waals surface area contributed by atoms with Gasteiger partial charge in [0.25, 0.3) is 0 Å². The molecular formula is C26H33N3O4S. The maximum absolute atomic E-state index is 13.1. The summed E-state index contributed by atoms with van der Waals surface area (Å²) in [5.41, 5.74) is 4.06. The molecule has 1 saturated heterocycles. The van der Waals surface area contributed by atoms with Gasteiger partial charge in [-0.2, -0.15) is 5.10 Å². The lowest BCUT2D eigenvalue weighted by Gasteiger charge is -2.38. The smallest absolute Gasteiger partial charge is 0.230 e. The third-order valence-electron chi connectivity index (χ3n) is 7.97. The van der Waals surface area contributed by atoms with E-state index < -0.39 is 9.84 Å². The molecule has 2 atom stereocenters. The largest absolute Gasteiger partial charge is 0.489 e. The van der Waals surface area contributed by atoms with E-state index in [4.69, 9.17) is 4.74 Å². The third kappa shape index (κ3) is 4.04. The Kier molecular flexibility index (Phi) is 5.47. The molecule has 0 N–H and O–H groups in total. The average Bonchev–Trinajstić information content (AvgIpc) is 3.51. The molecule has 1 unspecified atom stereocenters. The first-order chi connectivity index (χ1) is 16.4. The van der Waals surface area contributed by atoms with Gasteiger partial charge in [0, 0.05) is 34.8 Å². The van der Waals surface area contributed by atoms with Crippen LogP contribution in [0.2, 0.25) is 0 Å². The van der Waals surface area contributed by atoms with Crippen molar-refractivity contribution in [3.63, 3.8) is 0 Å². The van der Waals surface area contributed by atoms with Gasteiger partial charge in [-0.3, -0.25) is 9.48 Å². The molecule has 7 nitrogen and oxygen atoms in total. The molecule has 2 saturated carbocycles. The van der Waals surface area contributed by atoms with Crippen molar-refractivity contribution in [1.29, 1.82) is 0 Å². The molecule has 1 aromatic carbocycles. The van der Waals surface area contributed by atoms with E-state index in [1.165, 1.54) is 6.42 Å². The van der Waals surface area contributed by atoms with Gasteiger partial charge in [0.1, 0.15) is 5.75 Å². The van der Waals surface area contributed by atoms with E-state index in [2.05, 4.69) is 24.2 Å². The second kappa shape index (κ2) is 8.40. The summed E-state index contributed by atoms with van der Waals surface area (Å²) in [4.78, 5) is 15.2. The maximum atomic E-state index is 13.1. The minimum atomic E-state index is -3.01. The zero-order valence-electron chi connectivity index (χ0n) is 19.8. The van der Waals surface area contributed by atoms with Gasteiger partial charge in [-0.05, 0) is 76.8 Å². The average molecular weight is 484 g/mol. The Balaban J connectivity index is 1.38. The summed E-state index contributed by atoms with van der Waals surface area (Å²) >= 11 is 0. The number of hydrogen-bond acceptors (Lipinski definition) is 5. The Morgan fingerprint density at radius 2 is 1.91 bits per heavy atom. The summed E-state index contributed by atoms with van der Waals surface area (Å²) in [5.74, 6) is 1.74. The Labute approximate surface area is 201 Å². The number of rotatable bonds is 5. The summed E-state index contributed by atoms with van der Waals surface area (Å²) in [6.45, 7) is 2.14. The second-order valence-corrected chi connectivity index (χ2v) is 12.8. The third-order valence-corrected chi connectivity index (χ3v) is 9.78. The topological polar surface area (TPSA) is 81.5 Å². The van der Waals surface area contributed by atoms with E-state index in [9.17, 15) is 13.2 Å². The SMILES string of the molecule is C[C@H]1CCc2c(ccc(-c3cnn(C4CCCS(=O)(=O)C4)c3)c2OC2CCC2)N1C(=O)C1CC1. The highest BCUT2D eigenvalue weighted by molar-refractivity contribution is 7.91. The van der Waals surface area contributed by atoms with Gasteiger partial charge < -0.3 is 9.64 Å². The minimum Gasteiger partial charge on any atom is -0.489 e.